The Hall–Kier alpha value is -5.08. The zero-order chi connectivity index (χ0) is 41.2. The summed E-state index contributed by atoms with van der Waals surface area (Å²) in [7, 11) is 0. The molecule has 13 nitrogen and oxygen atoms in total. The number of nitrogens with one attached hydrogen (secondary N) is 5. The highest BCUT2D eigenvalue weighted by molar-refractivity contribution is 5.96. The number of para-hydroxylation sites is 1. The highest BCUT2D eigenvalue weighted by Crippen LogP contribution is 2.41. The van der Waals surface area contributed by atoms with Crippen molar-refractivity contribution in [3.63, 3.8) is 0 Å². The van der Waals surface area contributed by atoms with Gasteiger partial charge in [-0.3, -0.25) is 24.0 Å². The molecule has 0 saturated carbocycles. The van der Waals surface area contributed by atoms with E-state index in [2.05, 4.69) is 26.3 Å². The van der Waals surface area contributed by atoms with Gasteiger partial charge in [0, 0.05) is 36.5 Å². The van der Waals surface area contributed by atoms with Crippen LogP contribution in [0.4, 0.5) is 0 Å². The summed E-state index contributed by atoms with van der Waals surface area (Å²) in [5, 5.41) is 14.7. The summed E-state index contributed by atoms with van der Waals surface area (Å²) in [5.41, 5.74) is 2.32. The Kier molecular flexibility index (Phi) is 12.1. The molecule has 7 rings (SSSR count). The number of amides is 4. The van der Waals surface area contributed by atoms with Crippen molar-refractivity contribution in [2.24, 2.45) is 5.92 Å². The van der Waals surface area contributed by atoms with E-state index in [1.54, 1.807) is 5.06 Å². The number of aromatic amines is 1. The molecule has 3 fully saturated rings. The van der Waals surface area contributed by atoms with Gasteiger partial charge < -0.3 is 35.7 Å². The minimum atomic E-state index is -1.30. The highest BCUT2D eigenvalue weighted by atomic mass is 16.7. The fourth-order valence-electron chi connectivity index (χ4n) is 8.32. The smallest absolute Gasteiger partial charge is 0.252 e. The van der Waals surface area contributed by atoms with E-state index < -0.39 is 83.2 Å². The van der Waals surface area contributed by atoms with E-state index in [0.29, 0.717) is 6.42 Å². The summed E-state index contributed by atoms with van der Waals surface area (Å²) in [6.07, 6.45) is 0.117. The molecule has 1 aromatic heterocycles. The predicted octanol–water partition coefficient (Wildman–Crippen LogP) is 3.76. The third-order valence-electron chi connectivity index (χ3n) is 10.7. The number of hydrogen-bond acceptors (Lipinski definition) is 8. The molecular formula is C45H56N6O7. The van der Waals surface area contributed by atoms with E-state index in [9.17, 15) is 19.2 Å². The zero-order valence-corrected chi connectivity index (χ0v) is 34.1. The number of benzene rings is 3. The van der Waals surface area contributed by atoms with Crippen molar-refractivity contribution in [2.75, 3.05) is 13.1 Å². The number of H-pyrrole nitrogens is 1. The molecule has 3 aliphatic rings. The summed E-state index contributed by atoms with van der Waals surface area (Å²) in [5.74, 6) is -3.07. The molecule has 308 valence electrons. The van der Waals surface area contributed by atoms with Crippen LogP contribution in [0.2, 0.25) is 0 Å². The summed E-state index contributed by atoms with van der Waals surface area (Å²) >= 11 is 0. The van der Waals surface area contributed by atoms with Gasteiger partial charge in [0.15, 0.2) is 6.10 Å². The molecule has 8 atom stereocenters. The normalized spacial score (nSPS) is 27.6. The van der Waals surface area contributed by atoms with Crippen molar-refractivity contribution >= 4 is 34.5 Å². The molecule has 0 spiro atoms. The van der Waals surface area contributed by atoms with E-state index in [1.807, 2.05) is 133 Å². The number of ether oxygens (including phenoxy) is 2. The molecule has 0 radical (unpaired) electrons. The molecule has 0 aliphatic carbocycles. The summed E-state index contributed by atoms with van der Waals surface area (Å²) in [4.78, 5) is 68.0. The van der Waals surface area contributed by atoms with Gasteiger partial charge in [-0.15, -0.1) is 0 Å². The average molecular weight is 793 g/mol. The molecule has 13 heteroatoms. The van der Waals surface area contributed by atoms with Gasteiger partial charge in [-0.25, -0.2) is 0 Å². The molecular weight excluding hydrogens is 737 g/mol. The first-order chi connectivity index (χ1) is 27.6. The average Bonchev–Trinajstić information content (AvgIpc) is 3.84. The van der Waals surface area contributed by atoms with Crippen molar-refractivity contribution in [3.8, 4) is 0 Å². The third-order valence-corrected chi connectivity index (χ3v) is 10.7. The van der Waals surface area contributed by atoms with Gasteiger partial charge in [0.1, 0.15) is 24.3 Å². The van der Waals surface area contributed by atoms with Crippen LogP contribution in [0.5, 0.6) is 0 Å². The fraction of sp³-hybridized carbons (Fsp3) is 0.467. The van der Waals surface area contributed by atoms with Crippen LogP contribution in [0.25, 0.3) is 10.9 Å². The SMILES string of the molecule is CC(C)(C)O[C@@H]1[C@@H]2[C@H]3C(=O)NC[C@H](Cc4ccccc4)NC(=O)[C@H](Cc4ccccc4)NC(=O)[C@H](Cc4c[nH]c5ccccc45)NC(=O)[C@H]3ON2C[C@@H]1OC(C)(C)C. The van der Waals surface area contributed by atoms with Gasteiger partial charge in [-0.1, -0.05) is 78.9 Å². The van der Waals surface area contributed by atoms with Gasteiger partial charge in [0.2, 0.25) is 17.7 Å². The largest absolute Gasteiger partial charge is 0.368 e. The number of aromatic nitrogens is 1. The second kappa shape index (κ2) is 17.0. The van der Waals surface area contributed by atoms with E-state index in [1.165, 1.54) is 0 Å². The lowest BCUT2D eigenvalue weighted by Crippen LogP contribution is -2.60. The lowest BCUT2D eigenvalue weighted by molar-refractivity contribution is -0.175. The van der Waals surface area contributed by atoms with Crippen molar-refractivity contribution < 1.29 is 33.5 Å². The second-order valence-electron chi connectivity index (χ2n) is 17.6. The molecule has 4 amide bonds. The molecule has 3 saturated heterocycles. The molecule has 0 unspecified atom stereocenters. The van der Waals surface area contributed by atoms with Crippen LogP contribution in [0.15, 0.2) is 91.1 Å². The van der Waals surface area contributed by atoms with Crippen LogP contribution in [0.1, 0.15) is 58.2 Å². The maximum atomic E-state index is 14.7. The number of rotatable bonds is 8. The molecule has 0 bridgehead atoms. The lowest BCUT2D eigenvalue weighted by Gasteiger charge is -2.36. The molecule has 4 heterocycles. The first-order valence-electron chi connectivity index (χ1n) is 20.2. The topological polar surface area (TPSA) is 163 Å². The lowest BCUT2D eigenvalue weighted by atomic mass is 9.88. The maximum Gasteiger partial charge on any atom is 0.252 e. The maximum absolute atomic E-state index is 14.7. The Labute approximate surface area is 339 Å². The number of carbonyl (C=O) groups excluding carboxylic acids is 4. The van der Waals surface area contributed by atoms with Gasteiger partial charge in [0.25, 0.3) is 5.91 Å². The van der Waals surface area contributed by atoms with Crippen LogP contribution in [-0.4, -0.2) is 100 Å². The second-order valence-corrected chi connectivity index (χ2v) is 17.6. The third kappa shape index (κ3) is 9.78. The monoisotopic (exact) mass is 792 g/mol. The van der Waals surface area contributed by atoms with Crippen LogP contribution in [0.3, 0.4) is 0 Å². The standard InChI is InChI=1S/C45H56N6O7/c1-44(2,3)56-35-26-51-37(38(35)57-45(4,5)6)36-39(58-51)43(55)50-34(23-29-24-46-32-20-14-13-19-31(29)32)41(53)49-33(22-28-17-11-8-12-18-28)40(52)48-30(25-47-42(36)54)21-27-15-9-7-10-16-27/h7-20,24,30,33-39,46H,21-23,25-26H2,1-6H3,(H,47,54)(H,48,52)(H,49,53)(H,50,55)/t30-,33-,34-,35-,36+,37-,38-,39-/m0/s1. The van der Waals surface area contributed by atoms with Crippen molar-refractivity contribution in [2.45, 2.75) is 114 Å². The van der Waals surface area contributed by atoms with Gasteiger partial charge in [-0.2, -0.15) is 5.06 Å². The number of hydrogen-bond donors (Lipinski definition) is 5. The number of nitrogens with zero attached hydrogens (tertiary/aromatic N) is 1. The molecule has 4 aromatic rings. The first kappa shape index (κ1) is 41.1. The van der Waals surface area contributed by atoms with E-state index in [0.717, 1.165) is 27.6 Å². The van der Waals surface area contributed by atoms with Gasteiger partial charge in [0.05, 0.1) is 35.7 Å². The first-order valence-corrected chi connectivity index (χ1v) is 20.2. The van der Waals surface area contributed by atoms with Gasteiger partial charge >= 0.3 is 0 Å². The number of fused-ring (bicyclic) bond motifs is 4. The number of carbonyl (C=O) groups is 4. The molecule has 5 N–H and O–H groups in total. The molecule has 3 aromatic carbocycles. The zero-order valence-electron chi connectivity index (χ0n) is 34.1. The minimum Gasteiger partial charge on any atom is -0.368 e. The van der Waals surface area contributed by atoms with E-state index >= 15 is 0 Å². The van der Waals surface area contributed by atoms with Crippen molar-refractivity contribution in [3.05, 3.63) is 108 Å². The summed E-state index contributed by atoms with van der Waals surface area (Å²) in [6, 6.07) is 23.4. The van der Waals surface area contributed by atoms with E-state index in [4.69, 9.17) is 14.3 Å². The van der Waals surface area contributed by atoms with E-state index in [-0.39, 0.29) is 25.9 Å². The minimum absolute atomic E-state index is 0.0545. The van der Waals surface area contributed by atoms with Crippen molar-refractivity contribution in [1.82, 2.24) is 31.3 Å². The molecule has 3 aliphatic heterocycles. The Bertz CT molecular complexity index is 2080. The van der Waals surface area contributed by atoms with Gasteiger partial charge in [-0.05, 0) is 70.7 Å². The van der Waals surface area contributed by atoms with Crippen LogP contribution in [-0.2, 0) is 52.8 Å². The Morgan fingerprint density at radius 2 is 1.26 bits per heavy atom. The van der Waals surface area contributed by atoms with Crippen LogP contribution in [0, 0.1) is 5.92 Å². The highest BCUT2D eigenvalue weighted by Gasteiger charge is 2.61. The summed E-state index contributed by atoms with van der Waals surface area (Å²) < 4.78 is 13.1. The Morgan fingerprint density at radius 3 is 1.93 bits per heavy atom. The van der Waals surface area contributed by atoms with Crippen LogP contribution < -0.4 is 21.3 Å². The Morgan fingerprint density at radius 1 is 0.672 bits per heavy atom. The van der Waals surface area contributed by atoms with Crippen molar-refractivity contribution in [1.29, 1.82) is 0 Å². The predicted molar refractivity (Wildman–Crippen MR) is 219 cm³/mol. The molecule has 58 heavy (non-hydrogen) atoms. The summed E-state index contributed by atoms with van der Waals surface area (Å²) in [6.45, 7) is 12.0. The fourth-order valence-corrected chi connectivity index (χ4v) is 8.32. The number of hydroxylamine groups is 2. The van der Waals surface area contributed by atoms with Crippen LogP contribution >= 0.6 is 0 Å². The Balaban J connectivity index is 1.27. The quantitative estimate of drug-likeness (QED) is 0.180.